The van der Waals surface area contributed by atoms with Gasteiger partial charge in [-0.2, -0.15) is 0 Å². The molecule has 50 heavy (non-hydrogen) atoms. The molecule has 234 valence electrons. The van der Waals surface area contributed by atoms with E-state index in [2.05, 4.69) is 176 Å². The van der Waals surface area contributed by atoms with Crippen molar-refractivity contribution in [2.24, 2.45) is 0 Å². The lowest BCUT2D eigenvalue weighted by atomic mass is 9.87. The molecule has 2 aromatic heterocycles. The molecule has 0 amide bonds. The van der Waals surface area contributed by atoms with E-state index in [1.165, 1.54) is 75.8 Å². The number of para-hydroxylation sites is 1. The first kappa shape index (κ1) is 28.8. The van der Waals surface area contributed by atoms with Crippen LogP contribution in [-0.2, 0) is 0 Å². The molecule has 10 rings (SSSR count). The molecule has 2 heterocycles. The standard InChI is InChI=1S/C48H30OS/c1-3-14-31(15-4-1)33-26-34(38-19-8-7-18-37(38)32-16-5-2-6-17-32)28-35(27-33)42-29-36(30-46-48(42)41-21-10-12-25-45(41)50-46)39-22-13-24-44-47(39)40-20-9-11-23-43(40)49-44/h1-30H. The minimum absolute atomic E-state index is 0.910. The van der Waals surface area contributed by atoms with Gasteiger partial charge in [0.25, 0.3) is 0 Å². The van der Waals surface area contributed by atoms with Crippen LogP contribution < -0.4 is 0 Å². The van der Waals surface area contributed by atoms with E-state index in [1.54, 1.807) is 0 Å². The molecule has 0 bridgehead atoms. The van der Waals surface area contributed by atoms with Crippen LogP contribution in [0.4, 0.5) is 0 Å². The lowest BCUT2D eigenvalue weighted by Gasteiger charge is -2.16. The number of thiophene rings is 1. The molecular weight excluding hydrogens is 625 g/mol. The van der Waals surface area contributed by atoms with E-state index >= 15 is 0 Å². The summed E-state index contributed by atoms with van der Waals surface area (Å²) in [5, 5.41) is 4.88. The van der Waals surface area contributed by atoms with Gasteiger partial charge in [0, 0.05) is 30.9 Å². The van der Waals surface area contributed by atoms with Crippen LogP contribution in [0.25, 0.3) is 97.7 Å². The Labute approximate surface area is 294 Å². The summed E-state index contributed by atoms with van der Waals surface area (Å²) in [6.45, 7) is 0. The fourth-order valence-electron chi connectivity index (χ4n) is 7.59. The first-order chi connectivity index (χ1) is 24.8. The van der Waals surface area contributed by atoms with Crippen molar-refractivity contribution in [3.05, 3.63) is 182 Å². The van der Waals surface area contributed by atoms with Gasteiger partial charge in [0.1, 0.15) is 11.2 Å². The Morgan fingerprint density at radius 1 is 0.300 bits per heavy atom. The number of furan rings is 1. The maximum absolute atomic E-state index is 6.34. The van der Waals surface area contributed by atoms with Crippen LogP contribution in [0.2, 0.25) is 0 Å². The van der Waals surface area contributed by atoms with Crippen molar-refractivity contribution in [3.8, 4) is 55.6 Å². The molecule has 0 unspecified atom stereocenters. The van der Waals surface area contributed by atoms with Crippen molar-refractivity contribution in [1.82, 2.24) is 0 Å². The van der Waals surface area contributed by atoms with Crippen LogP contribution in [0.5, 0.6) is 0 Å². The second-order valence-electron chi connectivity index (χ2n) is 12.8. The van der Waals surface area contributed by atoms with E-state index in [0.717, 1.165) is 21.9 Å². The largest absolute Gasteiger partial charge is 0.456 e. The van der Waals surface area contributed by atoms with Crippen LogP contribution in [0.15, 0.2) is 186 Å². The maximum Gasteiger partial charge on any atom is 0.136 e. The van der Waals surface area contributed by atoms with Gasteiger partial charge in [-0.25, -0.2) is 0 Å². The van der Waals surface area contributed by atoms with Crippen LogP contribution in [0.3, 0.4) is 0 Å². The summed E-state index contributed by atoms with van der Waals surface area (Å²) in [5.41, 5.74) is 13.9. The van der Waals surface area contributed by atoms with E-state index in [0.29, 0.717) is 0 Å². The van der Waals surface area contributed by atoms with E-state index in [9.17, 15) is 0 Å². The number of benzene rings is 8. The summed E-state index contributed by atoms with van der Waals surface area (Å²) in [6, 6.07) is 65.8. The predicted molar refractivity (Wildman–Crippen MR) is 214 cm³/mol. The molecular formula is C48H30OS. The number of rotatable bonds is 5. The predicted octanol–water partition coefficient (Wildman–Crippen LogP) is 14.3. The molecule has 0 aliphatic carbocycles. The third-order valence-corrected chi connectivity index (χ3v) is 11.0. The van der Waals surface area contributed by atoms with E-state index < -0.39 is 0 Å². The van der Waals surface area contributed by atoms with Gasteiger partial charge < -0.3 is 4.42 Å². The van der Waals surface area contributed by atoms with Crippen LogP contribution in [0.1, 0.15) is 0 Å². The Bertz CT molecular complexity index is 2860. The number of fused-ring (bicyclic) bond motifs is 6. The molecule has 0 saturated carbocycles. The molecule has 0 spiro atoms. The van der Waals surface area contributed by atoms with Crippen molar-refractivity contribution < 1.29 is 4.42 Å². The molecule has 0 aliphatic heterocycles. The summed E-state index contributed by atoms with van der Waals surface area (Å²) in [6.07, 6.45) is 0. The Balaban J connectivity index is 1.29. The zero-order valence-electron chi connectivity index (χ0n) is 27.1. The molecule has 8 aromatic carbocycles. The van der Waals surface area contributed by atoms with E-state index in [4.69, 9.17) is 4.42 Å². The SMILES string of the molecule is c1ccc(-c2cc(-c3ccccc3-c3ccccc3)cc(-c3cc(-c4cccc5oc6ccccc6c45)cc4sc5ccccc5c34)c2)cc1. The zero-order chi connectivity index (χ0) is 33.0. The molecule has 1 nitrogen and oxygen atoms in total. The topological polar surface area (TPSA) is 13.1 Å². The summed E-state index contributed by atoms with van der Waals surface area (Å²) in [7, 11) is 0. The molecule has 0 fully saturated rings. The summed E-state index contributed by atoms with van der Waals surface area (Å²) in [4.78, 5) is 0. The average molecular weight is 655 g/mol. The quantitative estimate of drug-likeness (QED) is 0.180. The van der Waals surface area contributed by atoms with Gasteiger partial charge in [-0.3, -0.25) is 0 Å². The van der Waals surface area contributed by atoms with E-state index in [-0.39, 0.29) is 0 Å². The third kappa shape index (κ3) is 4.76. The van der Waals surface area contributed by atoms with Gasteiger partial charge in [-0.05, 0) is 104 Å². The molecule has 0 saturated heterocycles. The lowest BCUT2D eigenvalue weighted by molar-refractivity contribution is 0.669. The van der Waals surface area contributed by atoms with Crippen LogP contribution >= 0.6 is 11.3 Å². The molecule has 0 radical (unpaired) electrons. The van der Waals surface area contributed by atoms with Crippen molar-refractivity contribution in [2.45, 2.75) is 0 Å². The smallest absolute Gasteiger partial charge is 0.136 e. The summed E-state index contributed by atoms with van der Waals surface area (Å²) in [5.74, 6) is 0. The Morgan fingerprint density at radius 2 is 0.860 bits per heavy atom. The molecule has 0 atom stereocenters. The highest BCUT2D eigenvalue weighted by Gasteiger charge is 2.19. The highest BCUT2D eigenvalue weighted by atomic mass is 32.1. The van der Waals surface area contributed by atoms with Crippen LogP contribution in [-0.4, -0.2) is 0 Å². The molecule has 10 aromatic rings. The lowest BCUT2D eigenvalue weighted by Crippen LogP contribution is -1.90. The van der Waals surface area contributed by atoms with Gasteiger partial charge in [0.05, 0.1) is 0 Å². The normalized spacial score (nSPS) is 11.6. The van der Waals surface area contributed by atoms with Crippen LogP contribution in [0, 0.1) is 0 Å². The highest BCUT2D eigenvalue weighted by Crippen LogP contribution is 2.46. The summed E-state index contributed by atoms with van der Waals surface area (Å²) < 4.78 is 8.92. The van der Waals surface area contributed by atoms with Crippen molar-refractivity contribution >= 4 is 53.4 Å². The first-order valence-electron chi connectivity index (χ1n) is 17.0. The maximum atomic E-state index is 6.34. The van der Waals surface area contributed by atoms with Crippen molar-refractivity contribution in [2.75, 3.05) is 0 Å². The van der Waals surface area contributed by atoms with Gasteiger partial charge in [0.2, 0.25) is 0 Å². The minimum atomic E-state index is 0.910. The molecule has 0 N–H and O–H groups in total. The van der Waals surface area contributed by atoms with Gasteiger partial charge in [0.15, 0.2) is 0 Å². The third-order valence-electron chi connectivity index (χ3n) is 9.87. The van der Waals surface area contributed by atoms with Crippen molar-refractivity contribution in [3.63, 3.8) is 0 Å². The van der Waals surface area contributed by atoms with Gasteiger partial charge in [-0.15, -0.1) is 11.3 Å². The molecule has 0 aliphatic rings. The highest BCUT2D eigenvalue weighted by molar-refractivity contribution is 7.26. The summed E-state index contributed by atoms with van der Waals surface area (Å²) >= 11 is 1.87. The number of hydrogen-bond donors (Lipinski definition) is 0. The zero-order valence-corrected chi connectivity index (χ0v) is 28.0. The molecule has 2 heteroatoms. The first-order valence-corrected chi connectivity index (χ1v) is 17.8. The Kier molecular flexibility index (Phi) is 6.75. The monoisotopic (exact) mass is 654 g/mol. The Morgan fingerprint density at radius 3 is 1.66 bits per heavy atom. The average Bonchev–Trinajstić information content (AvgIpc) is 3.77. The second kappa shape index (κ2) is 11.7. The second-order valence-corrected chi connectivity index (χ2v) is 13.9. The van der Waals surface area contributed by atoms with Gasteiger partial charge >= 0.3 is 0 Å². The Hall–Kier alpha value is -6.22. The minimum Gasteiger partial charge on any atom is -0.456 e. The number of hydrogen-bond acceptors (Lipinski definition) is 2. The van der Waals surface area contributed by atoms with Crippen molar-refractivity contribution in [1.29, 1.82) is 0 Å². The fraction of sp³-hybridized carbons (Fsp3) is 0. The van der Waals surface area contributed by atoms with E-state index in [1.807, 2.05) is 17.4 Å². The fourth-order valence-corrected chi connectivity index (χ4v) is 8.76. The van der Waals surface area contributed by atoms with Gasteiger partial charge in [-0.1, -0.05) is 133 Å².